The number of ketones is 1. The van der Waals surface area contributed by atoms with Crippen LogP contribution in [0.3, 0.4) is 0 Å². The third-order valence-electron chi connectivity index (χ3n) is 3.81. The molecule has 23 heavy (non-hydrogen) atoms. The molecule has 3 heteroatoms. The average Bonchev–Trinajstić information content (AvgIpc) is 2.56. The van der Waals surface area contributed by atoms with Crippen LogP contribution in [0.2, 0.25) is 0 Å². The van der Waals surface area contributed by atoms with Crippen molar-refractivity contribution in [2.24, 2.45) is 0 Å². The molecule has 0 spiro atoms. The molecule has 2 aromatic carbocycles. The molecule has 0 aliphatic carbocycles. The molecule has 0 bridgehead atoms. The number of phenols is 1. The third-order valence-corrected chi connectivity index (χ3v) is 3.81. The molecule has 0 atom stereocenters. The molecule has 2 aromatic rings. The Hall–Kier alpha value is -2.55. The van der Waals surface area contributed by atoms with Crippen LogP contribution >= 0.6 is 0 Å². The first-order valence-corrected chi connectivity index (χ1v) is 7.96. The van der Waals surface area contributed by atoms with Gasteiger partial charge < -0.3 is 10.0 Å². The number of anilines is 1. The Balaban J connectivity index is 2.06. The molecule has 0 heterocycles. The number of benzene rings is 2. The highest BCUT2D eigenvalue weighted by atomic mass is 16.3. The van der Waals surface area contributed by atoms with Crippen molar-refractivity contribution in [1.82, 2.24) is 0 Å². The fourth-order valence-electron chi connectivity index (χ4n) is 2.50. The Morgan fingerprint density at radius 1 is 1.09 bits per heavy atom. The first-order chi connectivity index (χ1) is 11.1. The summed E-state index contributed by atoms with van der Waals surface area (Å²) in [7, 11) is 0. The third kappa shape index (κ3) is 4.71. The van der Waals surface area contributed by atoms with Gasteiger partial charge in [-0.15, -0.1) is 0 Å². The largest absolute Gasteiger partial charge is 0.507 e. The summed E-state index contributed by atoms with van der Waals surface area (Å²) in [5, 5.41) is 10.1. The Morgan fingerprint density at radius 2 is 1.78 bits per heavy atom. The van der Waals surface area contributed by atoms with Crippen molar-refractivity contribution >= 4 is 17.5 Å². The summed E-state index contributed by atoms with van der Waals surface area (Å²) < 4.78 is 0. The van der Waals surface area contributed by atoms with Crippen LogP contribution in [0.1, 0.15) is 25.0 Å². The van der Waals surface area contributed by atoms with E-state index in [9.17, 15) is 9.90 Å². The Kier molecular flexibility index (Phi) is 5.98. The second-order valence-corrected chi connectivity index (χ2v) is 5.38. The molecule has 0 unspecified atom stereocenters. The van der Waals surface area contributed by atoms with Crippen molar-refractivity contribution in [3.63, 3.8) is 0 Å². The second kappa shape index (κ2) is 8.18. The van der Waals surface area contributed by atoms with Crippen LogP contribution in [0.25, 0.3) is 6.08 Å². The van der Waals surface area contributed by atoms with Gasteiger partial charge in [-0.2, -0.15) is 0 Å². The number of carbonyl (C=O) groups excluding carboxylic acids is 1. The standard InChI is InChI=1S/C20H23NO2/c1-3-21(4-2)18-12-10-17(20(23)15-18)11-13-19(22)14-16-8-6-5-7-9-16/h5-13,15,23H,3-4,14H2,1-2H3. The lowest BCUT2D eigenvalue weighted by atomic mass is 10.1. The van der Waals surface area contributed by atoms with E-state index in [0.717, 1.165) is 24.3 Å². The molecule has 2 rings (SSSR count). The van der Waals surface area contributed by atoms with Crippen molar-refractivity contribution in [2.75, 3.05) is 18.0 Å². The highest BCUT2D eigenvalue weighted by Crippen LogP contribution is 2.25. The Bertz CT molecular complexity index is 673. The van der Waals surface area contributed by atoms with Crippen LogP contribution in [0.15, 0.2) is 54.6 Å². The molecule has 3 nitrogen and oxygen atoms in total. The second-order valence-electron chi connectivity index (χ2n) is 5.38. The normalized spacial score (nSPS) is 10.9. The minimum Gasteiger partial charge on any atom is -0.507 e. The minimum atomic E-state index is 0.0171. The molecule has 0 radical (unpaired) electrons. The Morgan fingerprint density at radius 3 is 2.39 bits per heavy atom. The van der Waals surface area contributed by atoms with Crippen molar-refractivity contribution in [3.8, 4) is 5.75 Å². The number of allylic oxidation sites excluding steroid dienone is 1. The molecule has 0 saturated carbocycles. The van der Waals surface area contributed by atoms with Gasteiger partial charge in [0, 0.05) is 36.8 Å². The van der Waals surface area contributed by atoms with Gasteiger partial charge in [-0.1, -0.05) is 30.3 Å². The highest BCUT2D eigenvalue weighted by molar-refractivity contribution is 5.95. The van der Waals surface area contributed by atoms with E-state index in [1.165, 1.54) is 6.08 Å². The van der Waals surface area contributed by atoms with Gasteiger partial charge in [-0.3, -0.25) is 4.79 Å². The summed E-state index contributed by atoms with van der Waals surface area (Å²) in [4.78, 5) is 14.1. The zero-order valence-corrected chi connectivity index (χ0v) is 13.7. The fraction of sp³-hybridized carbons (Fsp3) is 0.250. The summed E-state index contributed by atoms with van der Waals surface area (Å²) in [6, 6.07) is 15.2. The lowest BCUT2D eigenvalue weighted by Crippen LogP contribution is -2.21. The van der Waals surface area contributed by atoms with Gasteiger partial charge in [-0.05, 0) is 43.7 Å². The van der Waals surface area contributed by atoms with E-state index in [1.54, 1.807) is 12.1 Å². The summed E-state index contributed by atoms with van der Waals surface area (Å²) >= 11 is 0. The minimum absolute atomic E-state index is 0.0171. The van der Waals surface area contributed by atoms with Crippen molar-refractivity contribution < 1.29 is 9.90 Å². The van der Waals surface area contributed by atoms with Crippen LogP contribution in [-0.2, 0) is 11.2 Å². The summed E-state index contributed by atoms with van der Waals surface area (Å²) in [5.41, 5.74) is 2.63. The molecule has 1 N–H and O–H groups in total. The van der Waals surface area contributed by atoms with E-state index in [1.807, 2.05) is 42.5 Å². The molecular weight excluding hydrogens is 286 g/mol. The number of hydrogen-bond donors (Lipinski definition) is 1. The van der Waals surface area contributed by atoms with E-state index in [4.69, 9.17) is 0 Å². The van der Waals surface area contributed by atoms with E-state index in [0.29, 0.717) is 12.0 Å². The number of nitrogens with zero attached hydrogens (tertiary/aromatic N) is 1. The average molecular weight is 309 g/mol. The van der Waals surface area contributed by atoms with Gasteiger partial charge in [0.15, 0.2) is 5.78 Å². The molecular formula is C20H23NO2. The predicted octanol–water partition coefficient (Wildman–Crippen LogP) is 4.06. The first kappa shape index (κ1) is 16.8. The van der Waals surface area contributed by atoms with Gasteiger partial charge in [0.25, 0.3) is 0 Å². The zero-order valence-electron chi connectivity index (χ0n) is 13.7. The van der Waals surface area contributed by atoms with E-state index in [2.05, 4.69) is 18.7 Å². The SMILES string of the molecule is CCN(CC)c1ccc(C=CC(=O)Cc2ccccc2)c(O)c1. The summed E-state index contributed by atoms with van der Waals surface area (Å²) in [5.74, 6) is 0.210. The van der Waals surface area contributed by atoms with Crippen LogP contribution in [0.4, 0.5) is 5.69 Å². The number of carbonyl (C=O) groups is 1. The maximum absolute atomic E-state index is 12.0. The lowest BCUT2D eigenvalue weighted by molar-refractivity contribution is -0.113. The first-order valence-electron chi connectivity index (χ1n) is 7.96. The van der Waals surface area contributed by atoms with Crippen molar-refractivity contribution in [1.29, 1.82) is 0 Å². The predicted molar refractivity (Wildman–Crippen MR) is 95.9 cm³/mol. The summed E-state index contributed by atoms with van der Waals surface area (Å²) in [6.45, 7) is 5.94. The monoisotopic (exact) mass is 309 g/mol. The van der Waals surface area contributed by atoms with Gasteiger partial charge in [0.05, 0.1) is 0 Å². The number of aromatic hydroxyl groups is 1. The fourth-order valence-corrected chi connectivity index (χ4v) is 2.50. The lowest BCUT2D eigenvalue weighted by Gasteiger charge is -2.21. The van der Waals surface area contributed by atoms with E-state index < -0.39 is 0 Å². The van der Waals surface area contributed by atoms with Gasteiger partial charge >= 0.3 is 0 Å². The molecule has 120 valence electrons. The number of rotatable bonds is 7. The maximum Gasteiger partial charge on any atom is 0.160 e. The molecule has 0 aliphatic heterocycles. The number of hydrogen-bond acceptors (Lipinski definition) is 3. The maximum atomic E-state index is 12.0. The van der Waals surface area contributed by atoms with Crippen molar-refractivity contribution in [2.45, 2.75) is 20.3 Å². The van der Waals surface area contributed by atoms with Crippen LogP contribution in [0.5, 0.6) is 5.75 Å². The van der Waals surface area contributed by atoms with Crippen LogP contribution in [-0.4, -0.2) is 24.0 Å². The molecule has 0 aromatic heterocycles. The van der Waals surface area contributed by atoms with Crippen molar-refractivity contribution in [3.05, 3.63) is 65.7 Å². The van der Waals surface area contributed by atoms with Crippen LogP contribution in [0, 0.1) is 0 Å². The summed E-state index contributed by atoms with van der Waals surface area (Å²) in [6.07, 6.45) is 3.57. The molecule has 0 amide bonds. The quantitative estimate of drug-likeness (QED) is 0.784. The van der Waals surface area contributed by atoms with E-state index in [-0.39, 0.29) is 11.5 Å². The molecule has 0 fully saturated rings. The zero-order chi connectivity index (χ0) is 16.7. The Labute approximate surface area is 137 Å². The van der Waals surface area contributed by atoms with Gasteiger partial charge in [0.1, 0.15) is 5.75 Å². The van der Waals surface area contributed by atoms with E-state index >= 15 is 0 Å². The van der Waals surface area contributed by atoms with Gasteiger partial charge in [-0.25, -0.2) is 0 Å². The molecule has 0 aliphatic rings. The molecule has 0 saturated heterocycles. The highest BCUT2D eigenvalue weighted by Gasteiger charge is 2.06. The smallest absolute Gasteiger partial charge is 0.160 e. The topological polar surface area (TPSA) is 40.5 Å². The van der Waals surface area contributed by atoms with Crippen LogP contribution < -0.4 is 4.90 Å². The van der Waals surface area contributed by atoms with Gasteiger partial charge in [0.2, 0.25) is 0 Å². The number of phenolic OH excluding ortho intramolecular Hbond substituents is 1.